The maximum absolute atomic E-state index is 12.4. The summed E-state index contributed by atoms with van der Waals surface area (Å²) in [4.78, 5) is 28.5. The van der Waals surface area contributed by atoms with E-state index in [1.165, 1.54) is 0 Å². The molecule has 7 N–H and O–H groups in total. The number of aliphatic hydroxyl groups excluding tert-OH is 1. The van der Waals surface area contributed by atoms with Crippen LogP contribution < -0.4 is 11.5 Å². The summed E-state index contributed by atoms with van der Waals surface area (Å²) in [6.45, 7) is 0. The van der Waals surface area contributed by atoms with Crippen LogP contribution >= 0.6 is 23.5 Å². The van der Waals surface area contributed by atoms with E-state index >= 15 is 0 Å². The zero-order valence-electron chi connectivity index (χ0n) is 23.9. The minimum atomic E-state index is -1.03. The van der Waals surface area contributed by atoms with Crippen LogP contribution in [0.25, 0.3) is 11.4 Å². The van der Waals surface area contributed by atoms with Crippen molar-refractivity contribution in [1.82, 2.24) is 19.1 Å². The molecule has 44 heavy (non-hydrogen) atoms. The molecule has 0 saturated heterocycles. The Morgan fingerprint density at radius 2 is 1.41 bits per heavy atom. The van der Waals surface area contributed by atoms with Gasteiger partial charge in [-0.05, 0) is 84.6 Å². The number of imidazole rings is 2. The zero-order valence-corrected chi connectivity index (χ0v) is 25.5. The number of rotatable bonds is 12. The predicted octanol–water partition coefficient (Wildman–Crippen LogP) is 4.30. The van der Waals surface area contributed by atoms with Crippen molar-refractivity contribution >= 4 is 49.9 Å². The molecular formula is C30H34N10O2S2. The van der Waals surface area contributed by atoms with E-state index in [1.807, 2.05) is 70.1 Å². The van der Waals surface area contributed by atoms with Crippen LogP contribution in [0.4, 0.5) is 0 Å². The number of carbonyl (C=O) groups excluding carboxylic acids is 1. The van der Waals surface area contributed by atoms with Crippen molar-refractivity contribution < 1.29 is 9.90 Å². The van der Waals surface area contributed by atoms with E-state index in [2.05, 4.69) is 20.0 Å². The van der Waals surface area contributed by atoms with Gasteiger partial charge in [-0.25, -0.2) is 15.0 Å². The predicted molar refractivity (Wildman–Crippen MR) is 178 cm³/mol. The highest BCUT2D eigenvalue weighted by Crippen LogP contribution is 2.17. The lowest BCUT2D eigenvalue weighted by Crippen LogP contribution is -2.17. The summed E-state index contributed by atoms with van der Waals surface area (Å²) in [7, 11) is 0. The number of hydrogen-bond donors (Lipinski definition) is 5. The molecule has 2 aromatic heterocycles. The van der Waals surface area contributed by atoms with E-state index in [9.17, 15) is 9.90 Å². The Morgan fingerprint density at radius 1 is 0.864 bits per heavy atom. The van der Waals surface area contributed by atoms with Crippen molar-refractivity contribution in [3.05, 3.63) is 97.1 Å². The number of amidine groups is 2. The van der Waals surface area contributed by atoms with Gasteiger partial charge in [0.05, 0.1) is 29.2 Å². The third kappa shape index (κ3) is 10.6. The number of nitrogens with zero attached hydrogens (tertiary/aromatic N) is 6. The molecule has 0 radical (unpaired) electrons. The van der Waals surface area contributed by atoms with Crippen LogP contribution in [0.15, 0.2) is 96.0 Å². The zero-order chi connectivity index (χ0) is 31.3. The second-order valence-corrected chi connectivity index (χ2v) is 11.9. The number of aliphatic imine (C=N–C) groups is 2. The van der Waals surface area contributed by atoms with Gasteiger partial charge in [0.25, 0.3) is 5.91 Å². The standard InChI is InChI=1S/C30H34N10O2S2/c31-25(43-29(33)37-27(41)17-21-5-3-7-23(15-21)39-13-11-35-19-39)9-1-2-10-26(32)44-30(34)38-28(42)18-22-6-4-8-24(16-22)40-14-12-36-20-40/h3-8,11-16,19-20,27,31-32,41H,1-2,9-10,17-18H2,(H2,33,37)(H2,34,38,42). The number of nitrogens with two attached hydrogens (primary N) is 2. The van der Waals surface area contributed by atoms with E-state index in [0.717, 1.165) is 46.0 Å². The highest BCUT2D eigenvalue weighted by Gasteiger charge is 2.10. The Bertz CT molecular complexity index is 1620. The van der Waals surface area contributed by atoms with Gasteiger partial charge in [-0.2, -0.15) is 4.99 Å². The van der Waals surface area contributed by atoms with Gasteiger partial charge in [0.15, 0.2) is 16.6 Å². The minimum absolute atomic E-state index is 0.0325. The van der Waals surface area contributed by atoms with Crippen LogP contribution in [-0.4, -0.2) is 56.8 Å². The number of aromatic nitrogens is 4. The molecule has 1 atom stereocenters. The lowest BCUT2D eigenvalue weighted by molar-refractivity contribution is -0.117. The summed E-state index contributed by atoms with van der Waals surface area (Å²) in [5.41, 5.74) is 15.4. The van der Waals surface area contributed by atoms with E-state index in [4.69, 9.17) is 22.3 Å². The van der Waals surface area contributed by atoms with Crippen LogP contribution in [-0.2, 0) is 17.6 Å². The SMILES string of the molecule is N=C(CCCCC(=N)SC(N)=NC(O)Cc1cccc(-n2ccnc2)c1)SC(N)=NC(=O)Cc1cccc(-n2ccnc2)c1. The van der Waals surface area contributed by atoms with E-state index in [-0.39, 0.29) is 29.1 Å². The molecule has 14 heteroatoms. The Hall–Kier alpha value is -4.53. The average molecular weight is 631 g/mol. The number of hydrogen-bond acceptors (Lipinski definition) is 9. The fraction of sp³-hybridized carbons (Fsp3) is 0.233. The first-order chi connectivity index (χ1) is 21.2. The van der Waals surface area contributed by atoms with Crippen LogP contribution in [0.3, 0.4) is 0 Å². The van der Waals surface area contributed by atoms with Gasteiger partial charge in [-0.1, -0.05) is 24.3 Å². The molecule has 0 aliphatic rings. The van der Waals surface area contributed by atoms with E-state index in [0.29, 0.717) is 35.8 Å². The van der Waals surface area contributed by atoms with Gasteiger partial charge in [0.2, 0.25) is 0 Å². The molecule has 1 unspecified atom stereocenters. The highest BCUT2D eigenvalue weighted by molar-refractivity contribution is 8.26. The molecule has 0 aliphatic carbocycles. The Balaban J connectivity index is 1.13. The summed E-state index contributed by atoms with van der Waals surface area (Å²) in [5, 5.41) is 27.5. The fourth-order valence-corrected chi connectivity index (χ4v) is 5.53. The molecule has 0 spiro atoms. The first-order valence-electron chi connectivity index (χ1n) is 13.8. The largest absolute Gasteiger partial charge is 0.378 e. The summed E-state index contributed by atoms with van der Waals surface area (Å²) in [6, 6.07) is 15.2. The molecular weight excluding hydrogens is 597 g/mol. The summed E-state index contributed by atoms with van der Waals surface area (Å²) >= 11 is 1.98. The molecule has 12 nitrogen and oxygen atoms in total. The molecule has 0 aliphatic heterocycles. The normalized spacial score (nSPS) is 12.7. The van der Waals surface area contributed by atoms with Crippen molar-refractivity contribution in [2.45, 2.75) is 44.8 Å². The highest BCUT2D eigenvalue weighted by atomic mass is 32.2. The number of unbranched alkanes of at least 4 members (excludes halogenated alkanes) is 1. The third-order valence-electron chi connectivity index (χ3n) is 6.22. The van der Waals surface area contributed by atoms with Crippen LogP contribution in [0.1, 0.15) is 36.8 Å². The van der Waals surface area contributed by atoms with Crippen LogP contribution in [0, 0.1) is 10.8 Å². The number of carbonyl (C=O) groups is 1. The summed E-state index contributed by atoms with van der Waals surface area (Å²) < 4.78 is 3.73. The number of nitrogens with one attached hydrogen (secondary N) is 2. The maximum Gasteiger partial charge on any atom is 0.252 e. The number of aliphatic hydroxyl groups is 1. The van der Waals surface area contributed by atoms with Gasteiger partial charge in [0, 0.05) is 42.6 Å². The van der Waals surface area contributed by atoms with Gasteiger partial charge < -0.3 is 25.7 Å². The van der Waals surface area contributed by atoms with Crippen molar-refractivity contribution in [3.8, 4) is 11.4 Å². The first kappa shape index (κ1) is 32.4. The minimum Gasteiger partial charge on any atom is -0.378 e. The van der Waals surface area contributed by atoms with E-state index < -0.39 is 6.23 Å². The molecule has 4 aromatic rings. The second-order valence-electron chi connectivity index (χ2n) is 9.71. The molecule has 1 amide bonds. The number of amides is 1. The van der Waals surface area contributed by atoms with Crippen molar-refractivity contribution in [2.75, 3.05) is 0 Å². The molecule has 0 saturated carbocycles. The third-order valence-corrected chi connectivity index (χ3v) is 7.74. The molecule has 2 aromatic carbocycles. The van der Waals surface area contributed by atoms with Gasteiger partial charge in [0.1, 0.15) is 0 Å². The van der Waals surface area contributed by atoms with Crippen molar-refractivity contribution in [3.63, 3.8) is 0 Å². The van der Waals surface area contributed by atoms with Gasteiger partial charge in [-0.15, -0.1) is 0 Å². The summed E-state index contributed by atoms with van der Waals surface area (Å²) in [5.74, 6) is -0.386. The lowest BCUT2D eigenvalue weighted by atomic mass is 10.1. The lowest BCUT2D eigenvalue weighted by Gasteiger charge is -2.10. The molecule has 0 bridgehead atoms. The molecule has 0 fully saturated rings. The molecule has 4 rings (SSSR count). The number of benzene rings is 2. The second kappa shape index (κ2) is 16.4. The van der Waals surface area contributed by atoms with Gasteiger partial charge >= 0.3 is 0 Å². The Kier molecular flexibility index (Phi) is 12.0. The first-order valence-corrected chi connectivity index (χ1v) is 15.4. The Morgan fingerprint density at radius 3 is 1.98 bits per heavy atom. The number of thioether (sulfide) groups is 2. The topological polar surface area (TPSA) is 197 Å². The average Bonchev–Trinajstić information content (AvgIpc) is 3.71. The fourth-order valence-electron chi connectivity index (χ4n) is 4.21. The van der Waals surface area contributed by atoms with E-state index in [1.54, 1.807) is 25.0 Å². The van der Waals surface area contributed by atoms with Crippen LogP contribution in [0.5, 0.6) is 0 Å². The maximum atomic E-state index is 12.4. The van der Waals surface area contributed by atoms with Crippen molar-refractivity contribution in [1.29, 1.82) is 10.8 Å². The summed E-state index contributed by atoms with van der Waals surface area (Å²) in [6.07, 6.45) is 12.0. The van der Waals surface area contributed by atoms with Crippen molar-refractivity contribution in [2.24, 2.45) is 21.5 Å². The quantitative estimate of drug-likeness (QED) is 0.0867. The molecule has 228 valence electrons. The smallest absolute Gasteiger partial charge is 0.252 e. The van der Waals surface area contributed by atoms with Crippen LogP contribution in [0.2, 0.25) is 0 Å². The monoisotopic (exact) mass is 630 g/mol. The van der Waals surface area contributed by atoms with Gasteiger partial charge in [-0.3, -0.25) is 15.6 Å². The Labute approximate surface area is 263 Å². The molecule has 2 heterocycles.